The summed E-state index contributed by atoms with van der Waals surface area (Å²) in [5.41, 5.74) is 0. The zero-order valence-corrected chi connectivity index (χ0v) is 14.7. The first-order valence-corrected chi connectivity index (χ1v) is 9.55. The first-order valence-electron chi connectivity index (χ1n) is 9.55. The van der Waals surface area contributed by atoms with Gasteiger partial charge in [0.2, 0.25) is 0 Å². The lowest BCUT2D eigenvalue weighted by atomic mass is 9.99. The molecule has 1 atom stereocenters. The van der Waals surface area contributed by atoms with Crippen LogP contribution in [0.25, 0.3) is 0 Å². The van der Waals surface area contributed by atoms with Crippen molar-refractivity contribution in [2.75, 3.05) is 13.1 Å². The molecule has 1 nitrogen and oxygen atoms in total. The SMILES string of the molecule is CCCCCCCCCCCNCC(CC)CCCC. The third kappa shape index (κ3) is 14.4. The molecule has 0 aliphatic carbocycles. The maximum Gasteiger partial charge on any atom is -0.00206 e. The maximum atomic E-state index is 3.66. The molecule has 1 unspecified atom stereocenters. The number of hydrogen-bond acceptors (Lipinski definition) is 1. The van der Waals surface area contributed by atoms with E-state index in [4.69, 9.17) is 0 Å². The van der Waals surface area contributed by atoms with E-state index in [0.29, 0.717) is 0 Å². The molecule has 0 heterocycles. The fourth-order valence-corrected chi connectivity index (χ4v) is 2.81. The van der Waals surface area contributed by atoms with Crippen LogP contribution in [0.5, 0.6) is 0 Å². The normalized spacial score (nSPS) is 12.8. The van der Waals surface area contributed by atoms with E-state index in [1.54, 1.807) is 0 Å². The van der Waals surface area contributed by atoms with Crippen LogP contribution in [0.4, 0.5) is 0 Å². The Labute approximate surface area is 129 Å². The van der Waals surface area contributed by atoms with Gasteiger partial charge in [-0.05, 0) is 31.8 Å². The van der Waals surface area contributed by atoms with Crippen molar-refractivity contribution >= 4 is 0 Å². The number of nitrogens with one attached hydrogen (secondary N) is 1. The van der Waals surface area contributed by atoms with Gasteiger partial charge in [0.15, 0.2) is 0 Å². The van der Waals surface area contributed by atoms with Crippen molar-refractivity contribution in [2.45, 2.75) is 104 Å². The second-order valence-electron chi connectivity index (χ2n) is 6.45. The summed E-state index contributed by atoms with van der Waals surface area (Å²) in [5, 5.41) is 3.66. The quantitative estimate of drug-likeness (QED) is 0.327. The minimum absolute atomic E-state index is 0.911. The first-order chi connectivity index (χ1) is 9.85. The Bertz CT molecular complexity index is 167. The number of unbranched alkanes of at least 4 members (excludes halogenated alkanes) is 9. The molecule has 0 aromatic rings. The third-order valence-corrected chi connectivity index (χ3v) is 4.43. The zero-order valence-electron chi connectivity index (χ0n) is 14.7. The fraction of sp³-hybridized carbons (Fsp3) is 1.00. The summed E-state index contributed by atoms with van der Waals surface area (Å²) in [5.74, 6) is 0.911. The van der Waals surface area contributed by atoms with Crippen LogP contribution in [0.2, 0.25) is 0 Å². The lowest BCUT2D eigenvalue weighted by Gasteiger charge is -2.15. The fourth-order valence-electron chi connectivity index (χ4n) is 2.81. The van der Waals surface area contributed by atoms with Gasteiger partial charge in [-0.15, -0.1) is 0 Å². The topological polar surface area (TPSA) is 12.0 Å². The molecule has 0 radical (unpaired) electrons. The lowest BCUT2D eigenvalue weighted by molar-refractivity contribution is 0.415. The molecule has 0 fully saturated rings. The molecular formula is C19H41N. The van der Waals surface area contributed by atoms with Crippen LogP contribution in [-0.4, -0.2) is 13.1 Å². The Hall–Kier alpha value is -0.0400. The van der Waals surface area contributed by atoms with E-state index >= 15 is 0 Å². The minimum Gasteiger partial charge on any atom is -0.316 e. The molecule has 0 aromatic carbocycles. The van der Waals surface area contributed by atoms with Gasteiger partial charge in [0.1, 0.15) is 0 Å². The van der Waals surface area contributed by atoms with Crippen LogP contribution in [0.3, 0.4) is 0 Å². The standard InChI is InChI=1S/C19H41N/c1-4-7-9-10-11-12-13-14-15-17-20-18-19(6-3)16-8-5-2/h19-20H,4-18H2,1-3H3. The number of hydrogen-bond donors (Lipinski definition) is 1. The van der Waals surface area contributed by atoms with E-state index in [2.05, 4.69) is 26.1 Å². The summed E-state index contributed by atoms with van der Waals surface area (Å²) in [7, 11) is 0. The van der Waals surface area contributed by atoms with Crippen LogP contribution in [-0.2, 0) is 0 Å². The smallest absolute Gasteiger partial charge is 0.00206 e. The van der Waals surface area contributed by atoms with Gasteiger partial charge in [-0.2, -0.15) is 0 Å². The summed E-state index contributed by atoms with van der Waals surface area (Å²) >= 11 is 0. The van der Waals surface area contributed by atoms with Crippen LogP contribution in [0, 0.1) is 5.92 Å². The summed E-state index contributed by atoms with van der Waals surface area (Å²) in [6.07, 6.45) is 18.4. The molecule has 0 saturated heterocycles. The van der Waals surface area contributed by atoms with E-state index in [1.807, 2.05) is 0 Å². The van der Waals surface area contributed by atoms with E-state index in [1.165, 1.54) is 96.6 Å². The molecule has 122 valence electrons. The zero-order chi connectivity index (χ0) is 14.9. The van der Waals surface area contributed by atoms with Crippen molar-refractivity contribution in [3.05, 3.63) is 0 Å². The monoisotopic (exact) mass is 283 g/mol. The summed E-state index contributed by atoms with van der Waals surface area (Å²) in [4.78, 5) is 0. The van der Waals surface area contributed by atoms with Gasteiger partial charge in [0.05, 0.1) is 0 Å². The van der Waals surface area contributed by atoms with Crippen molar-refractivity contribution in [3.8, 4) is 0 Å². The maximum absolute atomic E-state index is 3.66. The molecule has 0 aliphatic heterocycles. The minimum atomic E-state index is 0.911. The van der Waals surface area contributed by atoms with Crippen molar-refractivity contribution in [2.24, 2.45) is 5.92 Å². The molecule has 0 aromatic heterocycles. The van der Waals surface area contributed by atoms with E-state index in [0.717, 1.165) is 5.92 Å². The van der Waals surface area contributed by atoms with Gasteiger partial charge in [-0.25, -0.2) is 0 Å². The van der Waals surface area contributed by atoms with Crippen LogP contribution < -0.4 is 5.32 Å². The molecule has 0 saturated carbocycles. The molecule has 0 spiro atoms. The number of rotatable bonds is 16. The predicted octanol–water partition coefficient (Wildman–Crippen LogP) is 6.32. The highest BCUT2D eigenvalue weighted by molar-refractivity contribution is 4.61. The molecule has 0 rings (SSSR count). The van der Waals surface area contributed by atoms with Gasteiger partial charge in [0, 0.05) is 0 Å². The second-order valence-corrected chi connectivity index (χ2v) is 6.45. The Kier molecular flexibility index (Phi) is 17.0. The van der Waals surface area contributed by atoms with Gasteiger partial charge in [-0.1, -0.05) is 91.4 Å². The van der Waals surface area contributed by atoms with Crippen molar-refractivity contribution in [3.63, 3.8) is 0 Å². The Morgan fingerprint density at radius 1 is 0.650 bits per heavy atom. The Balaban J connectivity index is 3.15. The van der Waals surface area contributed by atoms with Gasteiger partial charge in [0.25, 0.3) is 0 Å². The highest BCUT2D eigenvalue weighted by Crippen LogP contribution is 2.12. The van der Waals surface area contributed by atoms with E-state index < -0.39 is 0 Å². The van der Waals surface area contributed by atoms with Crippen LogP contribution >= 0.6 is 0 Å². The van der Waals surface area contributed by atoms with E-state index in [-0.39, 0.29) is 0 Å². The largest absolute Gasteiger partial charge is 0.316 e. The molecular weight excluding hydrogens is 242 g/mol. The second kappa shape index (κ2) is 17.0. The third-order valence-electron chi connectivity index (χ3n) is 4.43. The average Bonchev–Trinajstić information content (AvgIpc) is 2.48. The molecule has 0 amide bonds. The van der Waals surface area contributed by atoms with Gasteiger partial charge >= 0.3 is 0 Å². The van der Waals surface area contributed by atoms with E-state index in [9.17, 15) is 0 Å². The highest BCUT2D eigenvalue weighted by Gasteiger charge is 2.04. The summed E-state index contributed by atoms with van der Waals surface area (Å²) in [6.45, 7) is 9.40. The molecule has 0 aliphatic rings. The molecule has 0 bridgehead atoms. The predicted molar refractivity (Wildman–Crippen MR) is 93.4 cm³/mol. The lowest BCUT2D eigenvalue weighted by Crippen LogP contribution is -2.23. The summed E-state index contributed by atoms with van der Waals surface area (Å²) < 4.78 is 0. The summed E-state index contributed by atoms with van der Waals surface area (Å²) in [6, 6.07) is 0. The molecule has 1 heteroatoms. The Morgan fingerprint density at radius 3 is 1.75 bits per heavy atom. The van der Waals surface area contributed by atoms with Crippen LogP contribution in [0.1, 0.15) is 104 Å². The Morgan fingerprint density at radius 2 is 1.20 bits per heavy atom. The van der Waals surface area contributed by atoms with Crippen LogP contribution in [0.15, 0.2) is 0 Å². The average molecular weight is 284 g/mol. The first kappa shape index (κ1) is 20.0. The van der Waals surface area contributed by atoms with Crippen molar-refractivity contribution in [1.29, 1.82) is 0 Å². The van der Waals surface area contributed by atoms with Crippen molar-refractivity contribution in [1.82, 2.24) is 5.32 Å². The highest BCUT2D eigenvalue weighted by atomic mass is 14.8. The molecule has 1 N–H and O–H groups in total. The van der Waals surface area contributed by atoms with Gasteiger partial charge < -0.3 is 5.32 Å². The van der Waals surface area contributed by atoms with Crippen molar-refractivity contribution < 1.29 is 0 Å². The van der Waals surface area contributed by atoms with Gasteiger partial charge in [-0.3, -0.25) is 0 Å². The molecule has 20 heavy (non-hydrogen) atoms.